The Morgan fingerprint density at radius 3 is 2.62 bits per heavy atom. The van der Waals surface area contributed by atoms with Crippen LogP contribution in [0.2, 0.25) is 0 Å². The summed E-state index contributed by atoms with van der Waals surface area (Å²) in [4.78, 5) is 4.40. The first kappa shape index (κ1) is 15.6. The molecule has 4 rings (SSSR count). The minimum atomic E-state index is -3.42. The molecule has 0 unspecified atom stereocenters. The Morgan fingerprint density at radius 1 is 1.08 bits per heavy atom. The van der Waals surface area contributed by atoms with Crippen molar-refractivity contribution in [3.05, 3.63) is 53.9 Å². The second-order valence-corrected chi connectivity index (χ2v) is 8.33. The SMILES string of the molecule is O=S(=O)(c1ccc2c(c1)CCCC2)N1CC(Oc2cccnc2)C1. The van der Waals surface area contributed by atoms with E-state index in [1.807, 2.05) is 18.2 Å². The fourth-order valence-corrected chi connectivity index (χ4v) is 4.85. The highest BCUT2D eigenvalue weighted by Gasteiger charge is 2.38. The van der Waals surface area contributed by atoms with Gasteiger partial charge in [-0.3, -0.25) is 4.98 Å². The van der Waals surface area contributed by atoms with Crippen LogP contribution in [0, 0.1) is 0 Å². The molecule has 5 nitrogen and oxygen atoms in total. The third-order valence-corrected chi connectivity index (χ3v) is 6.54. The monoisotopic (exact) mass is 344 g/mol. The van der Waals surface area contributed by atoms with Crippen molar-refractivity contribution in [2.75, 3.05) is 13.1 Å². The van der Waals surface area contributed by atoms with Crippen molar-refractivity contribution in [3.63, 3.8) is 0 Å². The lowest BCUT2D eigenvalue weighted by Crippen LogP contribution is -2.55. The van der Waals surface area contributed by atoms with Gasteiger partial charge in [0.2, 0.25) is 10.0 Å². The summed E-state index contributed by atoms with van der Waals surface area (Å²) in [6.45, 7) is 0.766. The fraction of sp³-hybridized carbons (Fsp3) is 0.389. The highest BCUT2D eigenvalue weighted by atomic mass is 32.2. The molecule has 0 spiro atoms. The molecule has 1 saturated heterocycles. The molecule has 0 bridgehead atoms. The fourth-order valence-electron chi connectivity index (χ4n) is 3.30. The topological polar surface area (TPSA) is 59.5 Å². The summed E-state index contributed by atoms with van der Waals surface area (Å²) in [6, 6.07) is 9.21. The van der Waals surface area contributed by atoms with E-state index in [-0.39, 0.29) is 6.10 Å². The molecule has 0 radical (unpaired) electrons. The predicted molar refractivity (Wildman–Crippen MR) is 90.5 cm³/mol. The van der Waals surface area contributed by atoms with Gasteiger partial charge in [0, 0.05) is 6.20 Å². The van der Waals surface area contributed by atoms with Crippen molar-refractivity contribution in [3.8, 4) is 5.75 Å². The number of hydrogen-bond donors (Lipinski definition) is 0. The van der Waals surface area contributed by atoms with Gasteiger partial charge in [-0.15, -0.1) is 0 Å². The van der Waals surface area contributed by atoms with E-state index in [2.05, 4.69) is 4.98 Å². The van der Waals surface area contributed by atoms with Crippen LogP contribution in [0.15, 0.2) is 47.6 Å². The van der Waals surface area contributed by atoms with Crippen LogP contribution in [-0.4, -0.2) is 36.9 Å². The highest BCUT2D eigenvalue weighted by Crippen LogP contribution is 2.28. The van der Waals surface area contributed by atoms with E-state index in [1.54, 1.807) is 24.5 Å². The summed E-state index contributed by atoms with van der Waals surface area (Å²) in [5.74, 6) is 0.674. The normalized spacial score (nSPS) is 18.7. The van der Waals surface area contributed by atoms with E-state index in [0.29, 0.717) is 23.7 Å². The van der Waals surface area contributed by atoms with Crippen molar-refractivity contribution in [1.82, 2.24) is 9.29 Å². The lowest BCUT2D eigenvalue weighted by molar-refractivity contribution is 0.0759. The van der Waals surface area contributed by atoms with Gasteiger partial charge in [0.1, 0.15) is 11.9 Å². The number of hydrogen-bond acceptors (Lipinski definition) is 4. The van der Waals surface area contributed by atoms with Gasteiger partial charge < -0.3 is 4.74 Å². The molecule has 2 aliphatic rings. The lowest BCUT2D eigenvalue weighted by Gasteiger charge is -2.37. The van der Waals surface area contributed by atoms with Crippen LogP contribution in [0.3, 0.4) is 0 Å². The molecule has 0 atom stereocenters. The second-order valence-electron chi connectivity index (χ2n) is 6.39. The summed E-state index contributed by atoms with van der Waals surface area (Å²) < 4.78 is 32.7. The Balaban J connectivity index is 1.45. The van der Waals surface area contributed by atoms with E-state index in [1.165, 1.54) is 21.9 Å². The molecule has 2 aromatic rings. The minimum Gasteiger partial charge on any atom is -0.486 e. The maximum Gasteiger partial charge on any atom is 0.243 e. The van der Waals surface area contributed by atoms with E-state index < -0.39 is 10.0 Å². The zero-order chi connectivity index (χ0) is 16.6. The quantitative estimate of drug-likeness (QED) is 0.855. The van der Waals surface area contributed by atoms with Gasteiger partial charge in [-0.2, -0.15) is 4.31 Å². The first-order chi connectivity index (χ1) is 11.6. The van der Waals surface area contributed by atoms with Crippen LogP contribution in [0.1, 0.15) is 24.0 Å². The summed E-state index contributed by atoms with van der Waals surface area (Å²) >= 11 is 0. The molecule has 0 amide bonds. The smallest absolute Gasteiger partial charge is 0.243 e. The number of sulfonamides is 1. The molecule has 6 heteroatoms. The van der Waals surface area contributed by atoms with E-state index in [0.717, 1.165) is 19.3 Å². The number of rotatable bonds is 4. The van der Waals surface area contributed by atoms with Gasteiger partial charge in [0.05, 0.1) is 24.2 Å². The van der Waals surface area contributed by atoms with Crippen molar-refractivity contribution in [2.24, 2.45) is 0 Å². The molecular formula is C18H20N2O3S. The number of aromatic nitrogens is 1. The molecule has 1 aromatic heterocycles. The largest absolute Gasteiger partial charge is 0.486 e. The summed E-state index contributed by atoms with van der Waals surface area (Å²) in [5.41, 5.74) is 2.48. The number of aryl methyl sites for hydroxylation is 2. The van der Waals surface area contributed by atoms with Crippen LogP contribution < -0.4 is 4.74 Å². The van der Waals surface area contributed by atoms with Crippen molar-refractivity contribution in [1.29, 1.82) is 0 Å². The van der Waals surface area contributed by atoms with Crippen LogP contribution in [0.4, 0.5) is 0 Å². The van der Waals surface area contributed by atoms with Crippen molar-refractivity contribution >= 4 is 10.0 Å². The number of fused-ring (bicyclic) bond motifs is 1. The van der Waals surface area contributed by atoms with Crippen molar-refractivity contribution < 1.29 is 13.2 Å². The number of pyridine rings is 1. The number of nitrogens with zero attached hydrogens (tertiary/aromatic N) is 2. The molecule has 0 saturated carbocycles. The molecule has 126 valence electrons. The van der Waals surface area contributed by atoms with Crippen molar-refractivity contribution in [2.45, 2.75) is 36.7 Å². The zero-order valence-electron chi connectivity index (χ0n) is 13.4. The van der Waals surface area contributed by atoms with E-state index in [9.17, 15) is 8.42 Å². The maximum atomic E-state index is 12.8. The average molecular weight is 344 g/mol. The third kappa shape index (κ3) is 2.91. The number of benzene rings is 1. The van der Waals surface area contributed by atoms with Crippen LogP contribution >= 0.6 is 0 Å². The molecule has 2 heterocycles. The minimum absolute atomic E-state index is 0.110. The molecule has 0 N–H and O–H groups in total. The van der Waals surface area contributed by atoms with Crippen LogP contribution in [0.25, 0.3) is 0 Å². The molecule has 1 aromatic carbocycles. The highest BCUT2D eigenvalue weighted by molar-refractivity contribution is 7.89. The Kier molecular flexibility index (Phi) is 4.02. The summed E-state index contributed by atoms with van der Waals surface area (Å²) in [7, 11) is -3.42. The Labute approximate surface area is 142 Å². The standard InChI is InChI=1S/C18H20N2O3S/c21-24(22,18-8-7-14-4-1-2-5-15(14)10-18)20-12-17(13-20)23-16-6-3-9-19-11-16/h3,6-11,17H,1-2,4-5,12-13H2. The predicted octanol–water partition coefficient (Wildman–Crippen LogP) is 2.41. The van der Waals surface area contributed by atoms with Gasteiger partial charge in [-0.05, 0) is 61.1 Å². The first-order valence-electron chi connectivity index (χ1n) is 8.31. The molecule has 1 aliphatic heterocycles. The van der Waals surface area contributed by atoms with Crippen LogP contribution in [-0.2, 0) is 22.9 Å². The van der Waals surface area contributed by atoms with Gasteiger partial charge >= 0.3 is 0 Å². The summed E-state index contributed by atoms with van der Waals surface area (Å²) in [5, 5.41) is 0. The number of ether oxygens (including phenoxy) is 1. The maximum absolute atomic E-state index is 12.8. The third-order valence-electron chi connectivity index (χ3n) is 4.71. The Morgan fingerprint density at radius 2 is 1.88 bits per heavy atom. The van der Waals surface area contributed by atoms with Gasteiger partial charge in [0.15, 0.2) is 0 Å². The Bertz CT molecular complexity index is 831. The van der Waals surface area contributed by atoms with E-state index >= 15 is 0 Å². The average Bonchev–Trinajstić information content (AvgIpc) is 2.58. The Hall–Kier alpha value is -1.92. The second kappa shape index (κ2) is 6.18. The lowest BCUT2D eigenvalue weighted by atomic mass is 9.92. The van der Waals surface area contributed by atoms with Crippen LogP contribution in [0.5, 0.6) is 5.75 Å². The van der Waals surface area contributed by atoms with Gasteiger partial charge in [-0.25, -0.2) is 8.42 Å². The molecule has 1 fully saturated rings. The van der Waals surface area contributed by atoms with Gasteiger partial charge in [0.25, 0.3) is 0 Å². The zero-order valence-corrected chi connectivity index (χ0v) is 14.2. The summed E-state index contributed by atoms with van der Waals surface area (Å²) in [6.07, 6.45) is 7.58. The van der Waals surface area contributed by atoms with E-state index in [4.69, 9.17) is 4.74 Å². The molecule has 24 heavy (non-hydrogen) atoms. The van der Waals surface area contributed by atoms with Gasteiger partial charge in [-0.1, -0.05) is 6.07 Å². The first-order valence-corrected chi connectivity index (χ1v) is 9.75. The molecule has 1 aliphatic carbocycles. The molecular weight excluding hydrogens is 324 g/mol.